The van der Waals surface area contributed by atoms with Gasteiger partial charge in [-0.05, 0) is 29.8 Å². The Morgan fingerprint density at radius 1 is 1.19 bits per heavy atom. The topological polar surface area (TPSA) is 86.9 Å². The minimum atomic E-state index is -0.380. The Morgan fingerprint density at radius 2 is 1.96 bits per heavy atom. The minimum absolute atomic E-state index is 0.206. The van der Waals surface area contributed by atoms with Gasteiger partial charge in [-0.25, -0.2) is 0 Å². The van der Waals surface area contributed by atoms with Crippen molar-refractivity contribution < 1.29 is 9.21 Å². The molecule has 0 spiro atoms. The standard InChI is InChI=1S/C17H16Cl2N4O2S/c18-13-4-1-5-14(19)12(13)10-26-17-22-21-16(7-6-15(20)24)23(17)9-11-3-2-8-25-11/h1-5,8H,6-7,9-10H2,(H2,20,24). The minimum Gasteiger partial charge on any atom is -0.467 e. The Labute approximate surface area is 164 Å². The number of carbonyl (C=O) groups is 1. The van der Waals surface area contributed by atoms with Gasteiger partial charge in [0.15, 0.2) is 5.16 Å². The monoisotopic (exact) mass is 410 g/mol. The van der Waals surface area contributed by atoms with Gasteiger partial charge in [0, 0.05) is 28.6 Å². The molecule has 0 atom stereocenters. The highest BCUT2D eigenvalue weighted by Gasteiger charge is 2.16. The first-order valence-electron chi connectivity index (χ1n) is 7.83. The lowest BCUT2D eigenvalue weighted by atomic mass is 10.2. The third kappa shape index (κ3) is 4.60. The molecule has 0 aliphatic rings. The van der Waals surface area contributed by atoms with E-state index in [2.05, 4.69) is 10.2 Å². The highest BCUT2D eigenvalue weighted by atomic mass is 35.5. The number of furan rings is 1. The van der Waals surface area contributed by atoms with Crippen LogP contribution in [-0.2, 0) is 23.5 Å². The van der Waals surface area contributed by atoms with E-state index in [4.69, 9.17) is 33.4 Å². The summed E-state index contributed by atoms with van der Waals surface area (Å²) in [4.78, 5) is 11.1. The zero-order chi connectivity index (χ0) is 18.5. The van der Waals surface area contributed by atoms with Crippen LogP contribution in [0.4, 0.5) is 0 Å². The number of nitrogens with zero attached hydrogens (tertiary/aromatic N) is 3. The summed E-state index contributed by atoms with van der Waals surface area (Å²) in [5.74, 6) is 1.61. The maximum Gasteiger partial charge on any atom is 0.217 e. The third-order valence-electron chi connectivity index (χ3n) is 3.69. The van der Waals surface area contributed by atoms with Crippen molar-refractivity contribution in [2.75, 3.05) is 0 Å². The van der Waals surface area contributed by atoms with Gasteiger partial charge in [0.1, 0.15) is 11.6 Å². The third-order valence-corrected chi connectivity index (χ3v) is 5.39. The van der Waals surface area contributed by atoms with Gasteiger partial charge in [0.25, 0.3) is 0 Å². The maximum atomic E-state index is 11.1. The van der Waals surface area contributed by atoms with Crippen LogP contribution in [-0.4, -0.2) is 20.7 Å². The molecule has 0 radical (unpaired) electrons. The number of aryl methyl sites for hydroxylation is 1. The van der Waals surface area contributed by atoms with Crippen LogP contribution in [0.3, 0.4) is 0 Å². The van der Waals surface area contributed by atoms with Crippen LogP contribution in [0, 0.1) is 0 Å². The van der Waals surface area contributed by atoms with Crippen LogP contribution in [0.1, 0.15) is 23.6 Å². The first-order chi connectivity index (χ1) is 12.5. The van der Waals surface area contributed by atoms with Crippen molar-refractivity contribution in [2.45, 2.75) is 30.3 Å². The van der Waals surface area contributed by atoms with E-state index in [1.54, 1.807) is 24.5 Å². The molecule has 3 rings (SSSR count). The number of nitrogens with two attached hydrogens (primary N) is 1. The van der Waals surface area contributed by atoms with Gasteiger partial charge in [-0.2, -0.15) is 0 Å². The summed E-state index contributed by atoms with van der Waals surface area (Å²) >= 11 is 13.9. The van der Waals surface area contributed by atoms with Gasteiger partial charge in [-0.15, -0.1) is 10.2 Å². The van der Waals surface area contributed by atoms with Crippen LogP contribution >= 0.6 is 35.0 Å². The second-order valence-electron chi connectivity index (χ2n) is 5.52. The van der Waals surface area contributed by atoms with Crippen molar-refractivity contribution in [1.82, 2.24) is 14.8 Å². The summed E-state index contributed by atoms with van der Waals surface area (Å²) in [6.45, 7) is 0.465. The van der Waals surface area contributed by atoms with Crippen LogP contribution in [0.25, 0.3) is 0 Å². The first-order valence-corrected chi connectivity index (χ1v) is 9.57. The molecule has 1 aromatic carbocycles. The van der Waals surface area contributed by atoms with Crippen molar-refractivity contribution in [3.63, 3.8) is 0 Å². The number of hydrogen-bond acceptors (Lipinski definition) is 5. The normalized spacial score (nSPS) is 11.0. The average Bonchev–Trinajstić information content (AvgIpc) is 3.23. The first kappa shape index (κ1) is 18.8. The molecule has 136 valence electrons. The highest BCUT2D eigenvalue weighted by molar-refractivity contribution is 7.98. The van der Waals surface area contributed by atoms with Gasteiger partial charge in [-0.3, -0.25) is 9.36 Å². The molecule has 9 heteroatoms. The summed E-state index contributed by atoms with van der Waals surface area (Å²) in [5.41, 5.74) is 6.09. The summed E-state index contributed by atoms with van der Waals surface area (Å²) in [7, 11) is 0. The van der Waals surface area contributed by atoms with E-state index in [-0.39, 0.29) is 12.3 Å². The Kier molecular flexibility index (Phi) is 6.24. The summed E-state index contributed by atoms with van der Waals surface area (Å²) in [6.07, 6.45) is 2.23. The average molecular weight is 411 g/mol. The molecule has 0 saturated carbocycles. The molecule has 0 unspecified atom stereocenters. The Balaban J connectivity index is 1.82. The number of primary amides is 1. The van der Waals surface area contributed by atoms with Gasteiger partial charge in [0.2, 0.25) is 5.91 Å². The zero-order valence-corrected chi connectivity index (χ0v) is 16.0. The fourth-order valence-electron chi connectivity index (χ4n) is 2.37. The number of rotatable bonds is 8. The van der Waals surface area contributed by atoms with Gasteiger partial charge in [-0.1, -0.05) is 41.0 Å². The fraction of sp³-hybridized carbons (Fsp3) is 0.235. The number of carbonyl (C=O) groups excluding carboxylic acids is 1. The number of halogens is 2. The predicted octanol–water partition coefficient (Wildman–Crippen LogP) is 3.94. The Hall–Kier alpha value is -1.96. The van der Waals surface area contributed by atoms with Gasteiger partial charge in [0.05, 0.1) is 12.8 Å². The lowest BCUT2D eigenvalue weighted by Gasteiger charge is -2.09. The molecule has 26 heavy (non-hydrogen) atoms. The van der Waals surface area contributed by atoms with Crippen molar-refractivity contribution in [3.05, 3.63) is 63.8 Å². The smallest absolute Gasteiger partial charge is 0.217 e. The fourth-order valence-corrected chi connectivity index (χ4v) is 4.07. The Bertz CT molecular complexity index is 876. The van der Waals surface area contributed by atoms with Crippen molar-refractivity contribution in [1.29, 1.82) is 0 Å². The van der Waals surface area contributed by atoms with E-state index in [0.717, 1.165) is 11.3 Å². The number of thioether (sulfide) groups is 1. The van der Waals surface area contributed by atoms with Crippen LogP contribution < -0.4 is 5.73 Å². The molecular formula is C17H16Cl2N4O2S. The van der Waals surface area contributed by atoms with Crippen LogP contribution in [0.2, 0.25) is 10.0 Å². The van der Waals surface area contributed by atoms with Crippen molar-refractivity contribution in [3.8, 4) is 0 Å². The molecule has 0 fully saturated rings. The van der Waals surface area contributed by atoms with E-state index < -0.39 is 0 Å². The largest absolute Gasteiger partial charge is 0.467 e. The molecule has 2 aromatic heterocycles. The molecule has 0 saturated heterocycles. The number of amides is 1. The summed E-state index contributed by atoms with van der Waals surface area (Å²) < 4.78 is 7.34. The summed E-state index contributed by atoms with van der Waals surface area (Å²) in [6, 6.07) is 9.10. The Morgan fingerprint density at radius 3 is 2.62 bits per heavy atom. The van der Waals surface area contributed by atoms with E-state index in [1.807, 2.05) is 16.7 Å². The van der Waals surface area contributed by atoms with E-state index in [9.17, 15) is 4.79 Å². The predicted molar refractivity (Wildman–Crippen MR) is 101 cm³/mol. The number of benzene rings is 1. The molecule has 6 nitrogen and oxygen atoms in total. The summed E-state index contributed by atoms with van der Waals surface area (Å²) in [5, 5.41) is 10.4. The van der Waals surface area contributed by atoms with Crippen molar-refractivity contribution >= 4 is 40.9 Å². The highest BCUT2D eigenvalue weighted by Crippen LogP contribution is 2.31. The molecule has 0 bridgehead atoms. The molecular weight excluding hydrogens is 395 g/mol. The van der Waals surface area contributed by atoms with Crippen LogP contribution in [0.5, 0.6) is 0 Å². The lowest BCUT2D eigenvalue weighted by Crippen LogP contribution is -2.14. The lowest BCUT2D eigenvalue weighted by molar-refractivity contribution is -0.118. The quantitative estimate of drug-likeness (QED) is 0.568. The van der Waals surface area contributed by atoms with E-state index in [1.165, 1.54) is 11.8 Å². The van der Waals surface area contributed by atoms with Crippen molar-refractivity contribution in [2.24, 2.45) is 5.73 Å². The van der Waals surface area contributed by atoms with E-state index >= 15 is 0 Å². The second-order valence-corrected chi connectivity index (χ2v) is 7.28. The van der Waals surface area contributed by atoms with Crippen LogP contribution in [0.15, 0.2) is 46.2 Å². The molecule has 0 aliphatic carbocycles. The van der Waals surface area contributed by atoms with E-state index in [0.29, 0.717) is 39.7 Å². The number of aromatic nitrogens is 3. The van der Waals surface area contributed by atoms with Gasteiger partial charge < -0.3 is 10.2 Å². The molecule has 2 N–H and O–H groups in total. The number of hydrogen-bond donors (Lipinski definition) is 1. The van der Waals surface area contributed by atoms with Gasteiger partial charge >= 0.3 is 0 Å². The zero-order valence-electron chi connectivity index (χ0n) is 13.7. The molecule has 3 aromatic rings. The SMILES string of the molecule is NC(=O)CCc1nnc(SCc2c(Cl)cccc2Cl)n1Cc1ccco1. The molecule has 1 amide bonds. The maximum absolute atomic E-state index is 11.1. The molecule has 2 heterocycles. The molecule has 0 aliphatic heterocycles. The second kappa shape index (κ2) is 8.62.